The summed E-state index contributed by atoms with van der Waals surface area (Å²) in [5, 5.41) is 5.59. The van der Waals surface area contributed by atoms with Gasteiger partial charge in [-0.05, 0) is 44.0 Å². The van der Waals surface area contributed by atoms with Gasteiger partial charge in [0.25, 0.3) is 0 Å². The molecule has 0 bridgehead atoms. The number of nitrogens with zero attached hydrogens (tertiary/aromatic N) is 4. The van der Waals surface area contributed by atoms with Crippen molar-refractivity contribution in [2.45, 2.75) is 41.7 Å². The number of benzene rings is 1. The Labute approximate surface area is 189 Å². The minimum atomic E-state index is 0.0938. The van der Waals surface area contributed by atoms with Gasteiger partial charge in [0.05, 0.1) is 27.7 Å². The molecule has 2 aliphatic heterocycles. The van der Waals surface area contributed by atoms with E-state index in [1.54, 1.807) is 24.2 Å². The third-order valence-corrected chi connectivity index (χ3v) is 8.46. The van der Waals surface area contributed by atoms with Crippen LogP contribution in [-0.4, -0.2) is 46.4 Å². The van der Waals surface area contributed by atoms with E-state index in [2.05, 4.69) is 34.0 Å². The van der Waals surface area contributed by atoms with E-state index in [4.69, 9.17) is 33.7 Å². The zero-order valence-electron chi connectivity index (χ0n) is 16.6. The highest BCUT2D eigenvalue weighted by Crippen LogP contribution is 2.43. The van der Waals surface area contributed by atoms with Crippen molar-refractivity contribution in [2.24, 2.45) is 11.1 Å². The normalized spacial score (nSPS) is 23.5. The lowest BCUT2D eigenvalue weighted by Gasteiger charge is -2.42. The quantitative estimate of drug-likeness (QED) is 0.615. The van der Waals surface area contributed by atoms with Crippen molar-refractivity contribution in [1.82, 2.24) is 14.6 Å². The van der Waals surface area contributed by atoms with Crippen molar-refractivity contribution in [3.63, 3.8) is 0 Å². The second-order valence-corrected chi connectivity index (χ2v) is 9.97. The second-order valence-electron chi connectivity index (χ2n) is 8.10. The number of hydrogen-bond acceptors (Lipinski definition) is 6. The van der Waals surface area contributed by atoms with Gasteiger partial charge in [-0.1, -0.05) is 41.0 Å². The number of aromatic nitrogens is 3. The fraction of sp³-hybridized carbons (Fsp3) is 0.429. The minimum Gasteiger partial charge on any atom is -0.376 e. The lowest BCUT2D eigenvalue weighted by atomic mass is 9.73. The summed E-state index contributed by atoms with van der Waals surface area (Å²) in [7, 11) is 0. The predicted octanol–water partition coefficient (Wildman–Crippen LogP) is 4.52. The molecular weight excluding hydrogens is 441 g/mol. The molecule has 30 heavy (non-hydrogen) atoms. The van der Waals surface area contributed by atoms with Gasteiger partial charge in [-0.2, -0.15) is 9.61 Å². The third-order valence-electron chi connectivity index (χ3n) is 6.43. The van der Waals surface area contributed by atoms with E-state index >= 15 is 0 Å². The van der Waals surface area contributed by atoms with Crippen molar-refractivity contribution < 1.29 is 4.74 Å². The van der Waals surface area contributed by atoms with Crippen LogP contribution in [0.1, 0.15) is 19.8 Å². The molecular formula is C21H23Cl2N5OS. The highest BCUT2D eigenvalue weighted by molar-refractivity contribution is 7.99. The fourth-order valence-electron chi connectivity index (χ4n) is 4.53. The molecule has 9 heteroatoms. The van der Waals surface area contributed by atoms with Crippen molar-refractivity contribution in [3.05, 3.63) is 46.7 Å². The Morgan fingerprint density at radius 2 is 1.97 bits per heavy atom. The summed E-state index contributed by atoms with van der Waals surface area (Å²) in [5.74, 6) is 1.04. The molecule has 1 spiro atoms. The van der Waals surface area contributed by atoms with E-state index in [1.807, 2.05) is 16.6 Å². The molecule has 2 aliphatic rings. The largest absolute Gasteiger partial charge is 0.376 e. The molecule has 0 amide bonds. The van der Waals surface area contributed by atoms with E-state index in [0.717, 1.165) is 53.8 Å². The fourth-order valence-corrected chi connectivity index (χ4v) is 5.95. The number of hydrogen-bond donors (Lipinski definition) is 1. The summed E-state index contributed by atoms with van der Waals surface area (Å²) >= 11 is 14.1. The highest BCUT2D eigenvalue weighted by atomic mass is 35.5. The van der Waals surface area contributed by atoms with Crippen LogP contribution in [0.3, 0.4) is 0 Å². The first kappa shape index (κ1) is 20.4. The van der Waals surface area contributed by atoms with Gasteiger partial charge < -0.3 is 15.4 Å². The van der Waals surface area contributed by atoms with Crippen LogP contribution in [0.15, 0.2) is 46.5 Å². The SMILES string of the molecule is CC1OCC2(CCN(c3ccc(Sc4cccc(Cl)c4Cl)c4ncnn34)CC2)C1N. The van der Waals surface area contributed by atoms with Crippen LogP contribution in [0.25, 0.3) is 5.65 Å². The van der Waals surface area contributed by atoms with E-state index in [-0.39, 0.29) is 17.6 Å². The van der Waals surface area contributed by atoms with Gasteiger partial charge in [-0.25, -0.2) is 4.98 Å². The topological polar surface area (TPSA) is 68.7 Å². The van der Waals surface area contributed by atoms with Gasteiger partial charge in [-0.15, -0.1) is 0 Å². The maximum absolute atomic E-state index is 6.47. The van der Waals surface area contributed by atoms with Gasteiger partial charge in [0.2, 0.25) is 0 Å². The first-order valence-corrected chi connectivity index (χ1v) is 11.6. The van der Waals surface area contributed by atoms with Gasteiger partial charge in [-0.3, -0.25) is 0 Å². The van der Waals surface area contributed by atoms with Gasteiger partial charge >= 0.3 is 0 Å². The molecule has 2 aromatic heterocycles. The smallest absolute Gasteiger partial charge is 0.171 e. The number of anilines is 1. The number of halogens is 2. The summed E-state index contributed by atoms with van der Waals surface area (Å²) in [6.07, 6.45) is 3.76. The van der Waals surface area contributed by atoms with Crippen LogP contribution < -0.4 is 10.6 Å². The van der Waals surface area contributed by atoms with Crippen LogP contribution in [0, 0.1) is 5.41 Å². The molecule has 0 aliphatic carbocycles. The summed E-state index contributed by atoms with van der Waals surface area (Å²) in [4.78, 5) is 8.74. The number of ether oxygens (including phenoxy) is 1. The lowest BCUT2D eigenvalue weighted by Crippen LogP contribution is -2.50. The molecule has 2 unspecified atom stereocenters. The molecule has 2 atom stereocenters. The van der Waals surface area contributed by atoms with E-state index in [9.17, 15) is 0 Å². The molecule has 6 nitrogen and oxygen atoms in total. The Bertz CT molecular complexity index is 1080. The Morgan fingerprint density at radius 1 is 1.17 bits per heavy atom. The number of rotatable bonds is 3. The van der Waals surface area contributed by atoms with E-state index in [1.165, 1.54) is 0 Å². The molecule has 0 saturated carbocycles. The molecule has 2 fully saturated rings. The number of piperidine rings is 1. The zero-order chi connectivity index (χ0) is 20.9. The van der Waals surface area contributed by atoms with Gasteiger partial charge in [0, 0.05) is 29.4 Å². The summed E-state index contributed by atoms with van der Waals surface area (Å²) in [6, 6.07) is 9.93. The van der Waals surface area contributed by atoms with Crippen molar-refractivity contribution in [3.8, 4) is 0 Å². The van der Waals surface area contributed by atoms with Crippen molar-refractivity contribution >= 4 is 46.4 Å². The Balaban J connectivity index is 1.40. The average Bonchev–Trinajstić information content (AvgIpc) is 3.35. The molecule has 3 aromatic rings. The lowest BCUT2D eigenvalue weighted by molar-refractivity contribution is 0.0974. The van der Waals surface area contributed by atoms with Crippen molar-refractivity contribution in [1.29, 1.82) is 0 Å². The number of fused-ring (bicyclic) bond motifs is 1. The van der Waals surface area contributed by atoms with Crippen molar-refractivity contribution in [2.75, 3.05) is 24.6 Å². The summed E-state index contributed by atoms with van der Waals surface area (Å²) in [5.41, 5.74) is 7.37. The van der Waals surface area contributed by atoms with Crippen LogP contribution >= 0.6 is 35.0 Å². The molecule has 0 radical (unpaired) electrons. The molecule has 2 saturated heterocycles. The zero-order valence-corrected chi connectivity index (χ0v) is 18.9. The molecule has 4 heterocycles. The molecule has 1 aromatic carbocycles. The Morgan fingerprint density at radius 3 is 2.70 bits per heavy atom. The van der Waals surface area contributed by atoms with Crippen LogP contribution in [-0.2, 0) is 4.74 Å². The van der Waals surface area contributed by atoms with E-state index < -0.39 is 0 Å². The van der Waals surface area contributed by atoms with Crippen LogP contribution in [0.2, 0.25) is 10.0 Å². The van der Waals surface area contributed by atoms with Gasteiger partial charge in [0.1, 0.15) is 12.1 Å². The molecule has 158 valence electrons. The second kappa shape index (κ2) is 7.88. The maximum Gasteiger partial charge on any atom is 0.171 e. The Hall–Kier alpha value is -1.51. The summed E-state index contributed by atoms with van der Waals surface area (Å²) in [6.45, 7) is 4.68. The highest BCUT2D eigenvalue weighted by Gasteiger charge is 2.47. The maximum atomic E-state index is 6.47. The summed E-state index contributed by atoms with van der Waals surface area (Å²) < 4.78 is 7.76. The standard InChI is InChI=1S/C21H23Cl2N5OS/c1-13-19(24)21(11-29-13)7-9-27(10-8-21)17-6-5-16(20-25-12-26-28(17)20)30-15-4-2-3-14(22)18(15)23/h2-6,12-13,19H,7-11,24H2,1H3. The molecule has 2 N–H and O–H groups in total. The average molecular weight is 464 g/mol. The van der Waals surface area contributed by atoms with Gasteiger partial charge in [0.15, 0.2) is 5.65 Å². The third kappa shape index (κ3) is 3.37. The number of pyridine rings is 1. The van der Waals surface area contributed by atoms with Crippen LogP contribution in [0.5, 0.6) is 0 Å². The minimum absolute atomic E-state index is 0.0938. The monoisotopic (exact) mass is 463 g/mol. The van der Waals surface area contributed by atoms with Crippen LogP contribution in [0.4, 0.5) is 5.82 Å². The molecule has 5 rings (SSSR count). The number of nitrogens with two attached hydrogens (primary N) is 1. The predicted molar refractivity (Wildman–Crippen MR) is 121 cm³/mol. The first-order valence-electron chi connectivity index (χ1n) is 10.1. The first-order chi connectivity index (χ1) is 14.5. The van der Waals surface area contributed by atoms with E-state index in [0.29, 0.717) is 10.0 Å². The Kier molecular flexibility index (Phi) is 5.35.